The van der Waals surface area contributed by atoms with Crippen molar-refractivity contribution in [3.63, 3.8) is 0 Å². The Morgan fingerprint density at radius 1 is 0.950 bits per heavy atom. The van der Waals surface area contributed by atoms with Crippen molar-refractivity contribution < 1.29 is 9.52 Å². The van der Waals surface area contributed by atoms with Crippen LogP contribution in [-0.4, -0.2) is 5.11 Å². The number of phenols is 1. The van der Waals surface area contributed by atoms with E-state index < -0.39 is 0 Å². The SMILES string of the molecule is Cc1cc2ccccc2[o+]c1/C=C/c1ccccc1O. The van der Waals surface area contributed by atoms with Gasteiger partial charge in [-0.3, -0.25) is 0 Å². The number of rotatable bonds is 2. The molecule has 0 aliphatic heterocycles. The first-order valence-electron chi connectivity index (χ1n) is 6.52. The average molecular weight is 263 g/mol. The van der Waals surface area contributed by atoms with Crippen molar-refractivity contribution in [3.8, 4) is 5.75 Å². The van der Waals surface area contributed by atoms with E-state index in [1.165, 1.54) is 0 Å². The summed E-state index contributed by atoms with van der Waals surface area (Å²) in [6, 6.07) is 17.3. The maximum absolute atomic E-state index is 9.75. The molecule has 98 valence electrons. The molecule has 0 radical (unpaired) electrons. The number of aromatic hydroxyl groups is 1. The normalized spacial score (nSPS) is 11.2. The van der Waals surface area contributed by atoms with Crippen LogP contribution in [0, 0.1) is 6.92 Å². The van der Waals surface area contributed by atoms with Crippen molar-refractivity contribution in [2.45, 2.75) is 6.92 Å². The Kier molecular flexibility index (Phi) is 3.21. The van der Waals surface area contributed by atoms with Crippen molar-refractivity contribution in [2.75, 3.05) is 0 Å². The molecule has 3 aromatic rings. The molecule has 0 saturated carbocycles. The third kappa shape index (κ3) is 2.41. The van der Waals surface area contributed by atoms with Crippen LogP contribution in [0.25, 0.3) is 23.1 Å². The van der Waals surface area contributed by atoms with Crippen molar-refractivity contribution in [2.24, 2.45) is 0 Å². The summed E-state index contributed by atoms with van der Waals surface area (Å²) in [4.78, 5) is 0. The van der Waals surface area contributed by atoms with E-state index in [4.69, 9.17) is 4.42 Å². The van der Waals surface area contributed by atoms with Gasteiger partial charge in [0.15, 0.2) is 0 Å². The standard InChI is InChI=1S/C18H14O2/c1-13-12-15-7-3-5-9-18(15)20-17(13)11-10-14-6-2-4-8-16(14)19/h2-12H,1H3/p+1/b11-10+. The van der Waals surface area contributed by atoms with Gasteiger partial charge in [0.25, 0.3) is 0 Å². The molecule has 0 aliphatic carbocycles. The summed E-state index contributed by atoms with van der Waals surface area (Å²) in [5.74, 6) is 1.06. The molecule has 3 rings (SSSR count). The van der Waals surface area contributed by atoms with E-state index in [9.17, 15) is 5.11 Å². The Balaban J connectivity index is 2.02. The van der Waals surface area contributed by atoms with E-state index in [1.807, 2.05) is 55.5 Å². The number of benzene rings is 2. The van der Waals surface area contributed by atoms with Gasteiger partial charge in [0.2, 0.25) is 0 Å². The minimum absolute atomic E-state index is 0.266. The Morgan fingerprint density at radius 3 is 2.55 bits per heavy atom. The van der Waals surface area contributed by atoms with Crippen LogP contribution in [0.15, 0.2) is 59.0 Å². The lowest BCUT2D eigenvalue weighted by Gasteiger charge is -1.96. The summed E-state index contributed by atoms with van der Waals surface area (Å²) in [6.45, 7) is 2.01. The Morgan fingerprint density at radius 2 is 1.70 bits per heavy atom. The Hall–Kier alpha value is -2.61. The van der Waals surface area contributed by atoms with Crippen LogP contribution in [0.2, 0.25) is 0 Å². The maximum atomic E-state index is 9.75. The van der Waals surface area contributed by atoms with Gasteiger partial charge >= 0.3 is 11.3 Å². The minimum atomic E-state index is 0.266. The first-order valence-corrected chi connectivity index (χ1v) is 6.52. The summed E-state index contributed by atoms with van der Waals surface area (Å²) in [6.07, 6.45) is 3.74. The van der Waals surface area contributed by atoms with Crippen LogP contribution in [0.4, 0.5) is 0 Å². The zero-order chi connectivity index (χ0) is 13.9. The van der Waals surface area contributed by atoms with Gasteiger partial charge in [-0.2, -0.15) is 0 Å². The lowest BCUT2D eigenvalue weighted by atomic mass is 10.1. The minimum Gasteiger partial charge on any atom is -0.507 e. The van der Waals surface area contributed by atoms with E-state index in [2.05, 4.69) is 6.07 Å². The molecule has 0 spiro atoms. The van der Waals surface area contributed by atoms with Gasteiger partial charge in [-0.05, 0) is 31.2 Å². The fourth-order valence-corrected chi connectivity index (χ4v) is 2.16. The highest BCUT2D eigenvalue weighted by Gasteiger charge is 2.13. The van der Waals surface area contributed by atoms with Crippen LogP contribution < -0.4 is 0 Å². The first-order chi connectivity index (χ1) is 9.74. The molecular formula is C18H15O2+. The topological polar surface area (TPSA) is 31.5 Å². The molecular weight excluding hydrogens is 248 g/mol. The molecule has 20 heavy (non-hydrogen) atoms. The van der Waals surface area contributed by atoms with Gasteiger partial charge in [-0.15, -0.1) is 0 Å². The van der Waals surface area contributed by atoms with E-state index in [1.54, 1.807) is 12.1 Å². The molecule has 0 fully saturated rings. The first kappa shape index (κ1) is 12.4. The average Bonchev–Trinajstić information content (AvgIpc) is 2.46. The summed E-state index contributed by atoms with van der Waals surface area (Å²) >= 11 is 0. The van der Waals surface area contributed by atoms with E-state index in [0.717, 1.165) is 27.9 Å². The third-order valence-electron chi connectivity index (χ3n) is 3.25. The second-order valence-corrected chi connectivity index (χ2v) is 4.72. The summed E-state index contributed by atoms with van der Waals surface area (Å²) in [5, 5.41) is 10.8. The van der Waals surface area contributed by atoms with Crippen LogP contribution in [-0.2, 0) is 0 Å². The fourth-order valence-electron chi connectivity index (χ4n) is 2.16. The second-order valence-electron chi connectivity index (χ2n) is 4.72. The number of hydrogen-bond acceptors (Lipinski definition) is 1. The highest BCUT2D eigenvalue weighted by Crippen LogP contribution is 2.23. The molecule has 1 aromatic heterocycles. The van der Waals surface area contributed by atoms with Gasteiger partial charge < -0.3 is 5.11 Å². The van der Waals surface area contributed by atoms with Gasteiger partial charge in [-0.1, -0.05) is 30.3 Å². The monoisotopic (exact) mass is 263 g/mol. The highest BCUT2D eigenvalue weighted by molar-refractivity contribution is 5.80. The number of para-hydroxylation sites is 2. The number of fused-ring (bicyclic) bond motifs is 1. The largest absolute Gasteiger partial charge is 0.507 e. The number of aryl methyl sites for hydroxylation is 1. The molecule has 0 amide bonds. The predicted molar refractivity (Wildman–Crippen MR) is 82.4 cm³/mol. The second kappa shape index (κ2) is 5.17. The predicted octanol–water partition coefficient (Wildman–Crippen LogP) is 4.90. The molecule has 2 nitrogen and oxygen atoms in total. The molecule has 0 aliphatic rings. The zero-order valence-corrected chi connectivity index (χ0v) is 11.2. The maximum Gasteiger partial charge on any atom is 0.360 e. The van der Waals surface area contributed by atoms with Gasteiger partial charge in [-0.25, -0.2) is 4.42 Å². The summed E-state index contributed by atoms with van der Waals surface area (Å²) in [5.41, 5.74) is 2.70. The summed E-state index contributed by atoms with van der Waals surface area (Å²) in [7, 11) is 0. The van der Waals surface area contributed by atoms with Crippen molar-refractivity contribution >= 4 is 23.1 Å². The third-order valence-corrected chi connectivity index (χ3v) is 3.25. The molecule has 1 heterocycles. The van der Waals surface area contributed by atoms with Gasteiger partial charge in [0.1, 0.15) is 5.75 Å². The Bertz CT molecular complexity index is 788. The van der Waals surface area contributed by atoms with Crippen LogP contribution in [0.5, 0.6) is 5.75 Å². The smallest absolute Gasteiger partial charge is 0.360 e. The Labute approximate surface area is 117 Å². The molecule has 2 heteroatoms. The van der Waals surface area contributed by atoms with Crippen LogP contribution in [0.1, 0.15) is 16.9 Å². The van der Waals surface area contributed by atoms with Crippen molar-refractivity contribution in [1.82, 2.24) is 0 Å². The van der Waals surface area contributed by atoms with Crippen molar-refractivity contribution in [1.29, 1.82) is 0 Å². The lowest BCUT2D eigenvalue weighted by Crippen LogP contribution is -1.82. The van der Waals surface area contributed by atoms with Crippen LogP contribution in [0.3, 0.4) is 0 Å². The molecule has 0 unspecified atom stereocenters. The zero-order valence-electron chi connectivity index (χ0n) is 11.2. The molecule has 0 atom stereocenters. The molecule has 0 saturated heterocycles. The number of phenolic OH excluding ortho intramolecular Hbond substituents is 1. The molecule has 0 bridgehead atoms. The van der Waals surface area contributed by atoms with Crippen molar-refractivity contribution in [3.05, 3.63) is 71.5 Å². The quantitative estimate of drug-likeness (QED) is 0.667. The molecule has 1 N–H and O–H groups in total. The van der Waals surface area contributed by atoms with Crippen LogP contribution >= 0.6 is 0 Å². The fraction of sp³-hybridized carbons (Fsp3) is 0.0556. The van der Waals surface area contributed by atoms with E-state index in [0.29, 0.717) is 0 Å². The summed E-state index contributed by atoms with van der Waals surface area (Å²) < 4.78 is 5.89. The lowest BCUT2D eigenvalue weighted by molar-refractivity contribution is 0.474. The highest BCUT2D eigenvalue weighted by atomic mass is 16.3. The molecule has 2 aromatic carbocycles. The van der Waals surface area contributed by atoms with E-state index in [-0.39, 0.29) is 5.75 Å². The van der Waals surface area contributed by atoms with E-state index >= 15 is 0 Å². The number of hydrogen-bond donors (Lipinski definition) is 1. The van der Waals surface area contributed by atoms with Gasteiger partial charge in [0.05, 0.1) is 10.9 Å². The van der Waals surface area contributed by atoms with Gasteiger partial charge in [0, 0.05) is 17.7 Å².